The molecule has 1 amide bonds. The zero-order chi connectivity index (χ0) is 18.1. The lowest BCUT2D eigenvalue weighted by atomic mass is 10.2. The summed E-state index contributed by atoms with van der Waals surface area (Å²) in [4.78, 5) is 26.1. The topological polar surface area (TPSA) is 73.9 Å². The molecule has 1 atom stereocenters. The van der Waals surface area contributed by atoms with Crippen LogP contribution in [-0.2, 0) is 11.3 Å². The van der Waals surface area contributed by atoms with E-state index in [9.17, 15) is 9.59 Å². The Morgan fingerprint density at radius 3 is 2.73 bits per heavy atom. The number of para-hydroxylation sites is 4. The average Bonchev–Trinajstić information content (AvgIpc) is 2.97. The van der Waals surface area contributed by atoms with Crippen molar-refractivity contribution >= 4 is 17.0 Å². The van der Waals surface area contributed by atoms with Gasteiger partial charge in [-0.25, -0.2) is 4.79 Å². The summed E-state index contributed by atoms with van der Waals surface area (Å²) in [6.07, 6.45) is -0.267. The van der Waals surface area contributed by atoms with Gasteiger partial charge in [-0.1, -0.05) is 24.3 Å². The number of fused-ring (bicyclic) bond motifs is 2. The van der Waals surface area contributed by atoms with E-state index in [-0.39, 0.29) is 18.6 Å². The summed E-state index contributed by atoms with van der Waals surface area (Å²) in [5, 5.41) is 0. The molecule has 0 bridgehead atoms. The van der Waals surface area contributed by atoms with Crippen LogP contribution in [0.5, 0.6) is 11.5 Å². The van der Waals surface area contributed by atoms with Crippen LogP contribution in [0.2, 0.25) is 0 Å². The SMILES string of the molecule is CN(C[C@H]1COc2ccccc2O1)C(=O)Cn1c(=O)oc2ccccc21. The van der Waals surface area contributed by atoms with Crippen molar-refractivity contribution in [2.75, 3.05) is 20.2 Å². The summed E-state index contributed by atoms with van der Waals surface area (Å²) in [7, 11) is 1.68. The van der Waals surface area contributed by atoms with Gasteiger partial charge in [0, 0.05) is 7.05 Å². The molecule has 0 saturated carbocycles. The van der Waals surface area contributed by atoms with Crippen LogP contribution in [0.3, 0.4) is 0 Å². The number of aromatic nitrogens is 1. The Morgan fingerprint density at radius 1 is 1.15 bits per heavy atom. The molecule has 0 fully saturated rings. The van der Waals surface area contributed by atoms with E-state index in [4.69, 9.17) is 13.9 Å². The highest BCUT2D eigenvalue weighted by Gasteiger charge is 2.24. The van der Waals surface area contributed by atoms with Gasteiger partial charge in [-0.2, -0.15) is 0 Å². The Kier molecular flexibility index (Phi) is 4.12. The average molecular weight is 354 g/mol. The van der Waals surface area contributed by atoms with Crippen LogP contribution >= 0.6 is 0 Å². The second-order valence-corrected chi connectivity index (χ2v) is 6.19. The molecule has 1 aliphatic rings. The van der Waals surface area contributed by atoms with Crippen LogP contribution < -0.4 is 15.2 Å². The summed E-state index contributed by atoms with van der Waals surface area (Å²) in [5.41, 5.74) is 1.07. The first kappa shape index (κ1) is 16.3. The van der Waals surface area contributed by atoms with E-state index < -0.39 is 5.76 Å². The smallest absolute Gasteiger partial charge is 0.420 e. The van der Waals surface area contributed by atoms with Gasteiger partial charge in [0.25, 0.3) is 0 Å². The Labute approximate surface area is 149 Å². The van der Waals surface area contributed by atoms with E-state index in [2.05, 4.69) is 0 Å². The third kappa shape index (κ3) is 3.03. The molecule has 0 aliphatic carbocycles. The van der Waals surface area contributed by atoms with E-state index in [1.807, 2.05) is 24.3 Å². The molecule has 0 radical (unpaired) electrons. The van der Waals surface area contributed by atoms with Crippen molar-refractivity contribution in [2.45, 2.75) is 12.6 Å². The van der Waals surface area contributed by atoms with Crippen molar-refractivity contribution in [3.8, 4) is 11.5 Å². The largest absolute Gasteiger partial charge is 0.486 e. The summed E-state index contributed by atoms with van der Waals surface area (Å²) >= 11 is 0. The van der Waals surface area contributed by atoms with E-state index >= 15 is 0 Å². The van der Waals surface area contributed by atoms with Crippen LogP contribution in [0.1, 0.15) is 0 Å². The van der Waals surface area contributed by atoms with Gasteiger partial charge in [-0.3, -0.25) is 9.36 Å². The zero-order valence-corrected chi connectivity index (χ0v) is 14.3. The van der Waals surface area contributed by atoms with Gasteiger partial charge in [0.15, 0.2) is 23.2 Å². The number of carbonyl (C=O) groups excluding carboxylic acids is 1. The first-order valence-corrected chi connectivity index (χ1v) is 8.32. The van der Waals surface area contributed by atoms with Gasteiger partial charge >= 0.3 is 5.76 Å². The number of hydrogen-bond acceptors (Lipinski definition) is 5. The maximum Gasteiger partial charge on any atom is 0.420 e. The first-order chi connectivity index (χ1) is 12.6. The van der Waals surface area contributed by atoms with E-state index in [0.29, 0.717) is 35.8 Å². The van der Waals surface area contributed by atoms with Crippen LogP contribution in [0, 0.1) is 0 Å². The minimum atomic E-state index is -0.542. The molecule has 134 valence electrons. The minimum absolute atomic E-state index is 0.0868. The number of rotatable bonds is 4. The maximum atomic E-state index is 12.6. The number of likely N-dealkylation sites (N-methyl/N-ethyl adjacent to an activating group) is 1. The van der Waals surface area contributed by atoms with Gasteiger partial charge in [0.1, 0.15) is 13.2 Å². The molecule has 2 aromatic carbocycles. The van der Waals surface area contributed by atoms with E-state index in [1.54, 1.807) is 31.3 Å². The highest BCUT2D eigenvalue weighted by molar-refractivity contribution is 5.79. The lowest BCUT2D eigenvalue weighted by Crippen LogP contribution is -2.43. The Balaban J connectivity index is 1.44. The van der Waals surface area contributed by atoms with Crippen molar-refractivity contribution in [3.63, 3.8) is 0 Å². The summed E-state index contributed by atoms with van der Waals surface area (Å²) in [6, 6.07) is 14.5. The van der Waals surface area contributed by atoms with Crippen LogP contribution in [0.4, 0.5) is 0 Å². The Hall–Kier alpha value is -3.22. The highest BCUT2D eigenvalue weighted by Crippen LogP contribution is 2.30. The molecule has 0 saturated heterocycles. The van der Waals surface area contributed by atoms with Gasteiger partial charge in [0.05, 0.1) is 12.1 Å². The molecular weight excluding hydrogens is 336 g/mol. The van der Waals surface area contributed by atoms with Crippen molar-refractivity contribution in [1.82, 2.24) is 9.47 Å². The fourth-order valence-electron chi connectivity index (χ4n) is 2.98. The fourth-order valence-corrected chi connectivity index (χ4v) is 2.98. The zero-order valence-electron chi connectivity index (χ0n) is 14.3. The number of nitrogens with zero attached hydrogens (tertiary/aromatic N) is 2. The number of oxazole rings is 1. The molecule has 7 nitrogen and oxygen atoms in total. The van der Waals surface area contributed by atoms with Gasteiger partial charge in [0.2, 0.25) is 5.91 Å². The standard InChI is InChI=1S/C19H18N2O5/c1-20(10-13-12-24-16-8-4-5-9-17(16)25-13)18(22)11-21-14-6-2-3-7-15(14)26-19(21)23/h2-9,13H,10-12H2,1H3/t13-/m0/s1. The Bertz CT molecular complexity index is 1010. The lowest BCUT2D eigenvalue weighted by molar-refractivity contribution is -0.132. The monoisotopic (exact) mass is 354 g/mol. The molecule has 3 aromatic rings. The molecule has 0 N–H and O–H groups in total. The summed E-state index contributed by atoms with van der Waals surface area (Å²) in [5.74, 6) is 0.621. The molecule has 0 unspecified atom stereocenters. The molecule has 1 aliphatic heterocycles. The maximum absolute atomic E-state index is 12.6. The highest BCUT2D eigenvalue weighted by atomic mass is 16.6. The van der Waals surface area contributed by atoms with Crippen molar-refractivity contribution in [2.24, 2.45) is 0 Å². The number of hydrogen-bond donors (Lipinski definition) is 0. The molecule has 26 heavy (non-hydrogen) atoms. The first-order valence-electron chi connectivity index (χ1n) is 8.32. The number of carbonyl (C=O) groups is 1. The fraction of sp³-hybridized carbons (Fsp3) is 0.263. The Morgan fingerprint density at radius 2 is 1.88 bits per heavy atom. The number of amides is 1. The van der Waals surface area contributed by atoms with E-state index in [1.165, 1.54) is 9.47 Å². The van der Waals surface area contributed by atoms with Crippen molar-refractivity contribution in [3.05, 3.63) is 59.1 Å². The second-order valence-electron chi connectivity index (χ2n) is 6.19. The molecule has 2 heterocycles. The molecular formula is C19H18N2O5. The summed E-state index contributed by atoms with van der Waals surface area (Å²) in [6.45, 7) is 0.636. The second kappa shape index (κ2) is 6.59. The minimum Gasteiger partial charge on any atom is -0.486 e. The van der Waals surface area contributed by atoms with Crippen molar-refractivity contribution in [1.29, 1.82) is 0 Å². The third-order valence-corrected chi connectivity index (χ3v) is 4.34. The molecule has 0 spiro atoms. The third-order valence-electron chi connectivity index (χ3n) is 4.34. The van der Waals surface area contributed by atoms with Crippen molar-refractivity contribution < 1.29 is 18.7 Å². The van der Waals surface area contributed by atoms with Gasteiger partial charge in [-0.15, -0.1) is 0 Å². The van der Waals surface area contributed by atoms with E-state index in [0.717, 1.165) is 0 Å². The molecule has 4 rings (SSSR count). The van der Waals surface area contributed by atoms with Crippen LogP contribution in [0.25, 0.3) is 11.1 Å². The van der Waals surface area contributed by atoms with Crippen LogP contribution in [0.15, 0.2) is 57.7 Å². The van der Waals surface area contributed by atoms with Gasteiger partial charge < -0.3 is 18.8 Å². The molecule has 1 aromatic heterocycles. The number of ether oxygens (including phenoxy) is 2. The normalized spacial score (nSPS) is 15.8. The summed E-state index contributed by atoms with van der Waals surface area (Å²) < 4.78 is 18.0. The lowest BCUT2D eigenvalue weighted by Gasteiger charge is -2.29. The molecule has 7 heteroatoms. The predicted octanol–water partition coefficient (Wildman–Crippen LogP) is 1.89. The van der Waals surface area contributed by atoms with Crippen LogP contribution in [-0.4, -0.2) is 41.7 Å². The number of benzene rings is 2. The quantitative estimate of drug-likeness (QED) is 0.715. The predicted molar refractivity (Wildman–Crippen MR) is 94.5 cm³/mol. The van der Waals surface area contributed by atoms with Gasteiger partial charge in [-0.05, 0) is 24.3 Å².